The van der Waals surface area contributed by atoms with E-state index in [0.717, 1.165) is 19.3 Å². The summed E-state index contributed by atoms with van der Waals surface area (Å²) in [6.45, 7) is 0.546. The van der Waals surface area contributed by atoms with Crippen molar-refractivity contribution in [3.63, 3.8) is 0 Å². The fraction of sp³-hybridized carbons (Fsp3) is 0.778. The number of Topliss-reactive ketones (excluding diaryl/α,β-unsaturated/α-hetero) is 1. The van der Waals surface area contributed by atoms with Crippen LogP contribution in [0.1, 0.15) is 25.7 Å². The number of hydrogen-bond acceptors (Lipinski definition) is 2. The number of amides is 1. The third-order valence-electron chi connectivity index (χ3n) is 2.94. The maximum atomic E-state index is 11.4. The second kappa shape index (κ2) is 4.19. The van der Waals surface area contributed by atoms with E-state index >= 15 is 0 Å². The maximum Gasteiger partial charge on any atom is 0.223 e. The third kappa shape index (κ3) is 1.91. The molecule has 4 heteroatoms. The summed E-state index contributed by atoms with van der Waals surface area (Å²) in [5, 5.41) is 2.79. The zero-order valence-corrected chi connectivity index (χ0v) is 9.13. The van der Waals surface area contributed by atoms with Gasteiger partial charge in [-0.3, -0.25) is 9.59 Å². The number of fused-ring (bicyclic) bond motifs is 1. The first-order valence-electron chi connectivity index (χ1n) is 4.59. The van der Waals surface area contributed by atoms with Crippen molar-refractivity contribution in [2.45, 2.75) is 25.7 Å². The lowest BCUT2D eigenvalue weighted by Gasteiger charge is -2.11. The minimum atomic E-state index is -0.000000000000000444. The van der Waals surface area contributed by atoms with Gasteiger partial charge >= 0.3 is 0 Å². The quantitative estimate of drug-likeness (QED) is 0.582. The molecule has 13 heavy (non-hydrogen) atoms. The average Bonchev–Trinajstić information content (AvgIpc) is 2.47. The summed E-state index contributed by atoms with van der Waals surface area (Å²) >= 11 is 0. The van der Waals surface area contributed by atoms with Gasteiger partial charge in [0.15, 0.2) is 0 Å². The van der Waals surface area contributed by atoms with Crippen LogP contribution in [0.5, 0.6) is 0 Å². The molecule has 1 saturated heterocycles. The summed E-state index contributed by atoms with van der Waals surface area (Å²) in [6.07, 6.45) is 3.40. The molecule has 3 atom stereocenters. The first-order valence-corrected chi connectivity index (χ1v) is 4.59. The third-order valence-corrected chi connectivity index (χ3v) is 2.94. The van der Waals surface area contributed by atoms with Crippen LogP contribution in [0, 0.1) is 11.8 Å². The first kappa shape index (κ1) is 10.6. The SMILES string of the molecule is O=C1CCNC(=O)C2CCCC12.P. The van der Waals surface area contributed by atoms with Crippen molar-refractivity contribution >= 4 is 21.6 Å². The summed E-state index contributed by atoms with van der Waals surface area (Å²) in [4.78, 5) is 22.8. The van der Waals surface area contributed by atoms with Gasteiger partial charge in [0.1, 0.15) is 5.78 Å². The lowest BCUT2D eigenvalue weighted by atomic mass is 9.91. The van der Waals surface area contributed by atoms with Crippen LogP contribution < -0.4 is 5.32 Å². The van der Waals surface area contributed by atoms with Gasteiger partial charge in [-0.1, -0.05) is 6.42 Å². The molecule has 2 aliphatic rings. The smallest absolute Gasteiger partial charge is 0.223 e. The number of nitrogens with one attached hydrogen (secondary N) is 1. The second-order valence-corrected chi connectivity index (χ2v) is 3.65. The Kier molecular flexibility index (Phi) is 3.43. The summed E-state index contributed by atoms with van der Waals surface area (Å²) in [7, 11) is 0. The van der Waals surface area contributed by atoms with E-state index in [-0.39, 0.29) is 33.4 Å². The van der Waals surface area contributed by atoms with Crippen molar-refractivity contribution in [1.82, 2.24) is 5.32 Å². The Bertz CT molecular complexity index is 208. The Morgan fingerprint density at radius 3 is 2.62 bits per heavy atom. The number of ketones is 1. The van der Waals surface area contributed by atoms with Crippen molar-refractivity contribution in [1.29, 1.82) is 0 Å². The summed E-state index contributed by atoms with van der Waals surface area (Å²) in [5.74, 6) is 0.437. The van der Waals surface area contributed by atoms with Gasteiger partial charge < -0.3 is 5.32 Å². The van der Waals surface area contributed by atoms with Crippen LogP contribution in [-0.4, -0.2) is 18.2 Å². The van der Waals surface area contributed by atoms with Crippen LogP contribution in [-0.2, 0) is 9.59 Å². The van der Waals surface area contributed by atoms with Gasteiger partial charge in [0.05, 0.1) is 0 Å². The van der Waals surface area contributed by atoms with E-state index in [1.165, 1.54) is 0 Å². The van der Waals surface area contributed by atoms with Crippen LogP contribution in [0.2, 0.25) is 0 Å². The van der Waals surface area contributed by atoms with Crippen LogP contribution in [0.3, 0.4) is 0 Å². The Hall–Kier alpha value is -0.430. The highest BCUT2D eigenvalue weighted by molar-refractivity contribution is 6.92. The molecule has 1 aliphatic heterocycles. The zero-order valence-electron chi connectivity index (χ0n) is 7.71. The van der Waals surface area contributed by atoms with Crippen LogP contribution in [0.25, 0.3) is 0 Å². The minimum Gasteiger partial charge on any atom is -0.355 e. The molecule has 0 spiro atoms. The molecule has 2 fully saturated rings. The second-order valence-electron chi connectivity index (χ2n) is 3.65. The number of carbonyl (C=O) groups excluding carboxylic acids is 2. The van der Waals surface area contributed by atoms with E-state index in [1.54, 1.807) is 0 Å². The monoisotopic (exact) mass is 201 g/mol. The van der Waals surface area contributed by atoms with Gasteiger partial charge in [0, 0.05) is 24.8 Å². The fourth-order valence-corrected chi connectivity index (χ4v) is 2.28. The van der Waals surface area contributed by atoms with Crippen molar-refractivity contribution in [3.05, 3.63) is 0 Å². The van der Waals surface area contributed by atoms with E-state index in [1.807, 2.05) is 0 Å². The van der Waals surface area contributed by atoms with E-state index in [9.17, 15) is 9.59 Å². The molecular weight excluding hydrogens is 185 g/mol. The largest absolute Gasteiger partial charge is 0.355 e. The molecule has 0 bridgehead atoms. The molecular formula is C9H16NO2P. The standard InChI is InChI=1S/C9H13NO2.H3P/c11-8-4-5-10-9(12)7-3-1-2-6(7)8;/h6-7H,1-5H2,(H,10,12);1H3. The number of rotatable bonds is 0. The first-order chi connectivity index (χ1) is 5.79. The van der Waals surface area contributed by atoms with Crippen molar-refractivity contribution in [3.8, 4) is 0 Å². The lowest BCUT2D eigenvalue weighted by Crippen LogP contribution is -2.30. The highest BCUT2D eigenvalue weighted by Crippen LogP contribution is 2.34. The molecule has 1 aliphatic carbocycles. The molecule has 3 nitrogen and oxygen atoms in total. The Balaban J connectivity index is 0.000000845. The molecule has 3 unspecified atom stereocenters. The van der Waals surface area contributed by atoms with Gasteiger partial charge in [0.25, 0.3) is 0 Å². The van der Waals surface area contributed by atoms with Gasteiger partial charge in [-0.25, -0.2) is 0 Å². The minimum absolute atomic E-state index is 0. The van der Waals surface area contributed by atoms with Crippen LogP contribution in [0.15, 0.2) is 0 Å². The van der Waals surface area contributed by atoms with Gasteiger partial charge in [-0.05, 0) is 12.8 Å². The topological polar surface area (TPSA) is 46.2 Å². The van der Waals surface area contributed by atoms with Crippen molar-refractivity contribution in [2.75, 3.05) is 6.54 Å². The normalized spacial score (nSPS) is 32.9. The number of carbonyl (C=O) groups is 2. The predicted molar refractivity (Wildman–Crippen MR) is 54.6 cm³/mol. The molecule has 0 aromatic rings. The van der Waals surface area contributed by atoms with Gasteiger partial charge in [0.2, 0.25) is 5.91 Å². The molecule has 2 rings (SSSR count). The Morgan fingerprint density at radius 2 is 1.85 bits per heavy atom. The van der Waals surface area contributed by atoms with E-state index < -0.39 is 0 Å². The summed E-state index contributed by atoms with van der Waals surface area (Å²) in [6, 6.07) is 0. The van der Waals surface area contributed by atoms with E-state index in [2.05, 4.69) is 5.32 Å². The maximum absolute atomic E-state index is 11.4. The molecule has 1 heterocycles. The van der Waals surface area contributed by atoms with E-state index in [4.69, 9.17) is 0 Å². The highest BCUT2D eigenvalue weighted by Gasteiger charge is 2.38. The van der Waals surface area contributed by atoms with E-state index in [0.29, 0.717) is 13.0 Å². The fourth-order valence-electron chi connectivity index (χ4n) is 2.28. The van der Waals surface area contributed by atoms with Crippen molar-refractivity contribution < 1.29 is 9.59 Å². The Labute approximate surface area is 81.3 Å². The zero-order chi connectivity index (χ0) is 8.55. The average molecular weight is 201 g/mol. The molecule has 0 aromatic heterocycles. The molecule has 1 N–H and O–H groups in total. The molecule has 74 valence electrons. The summed E-state index contributed by atoms with van der Waals surface area (Å²) < 4.78 is 0. The molecule has 0 radical (unpaired) electrons. The number of hydrogen-bond donors (Lipinski definition) is 1. The lowest BCUT2D eigenvalue weighted by molar-refractivity contribution is -0.129. The molecule has 0 aromatic carbocycles. The molecule has 1 saturated carbocycles. The van der Waals surface area contributed by atoms with Gasteiger partial charge in [-0.15, -0.1) is 0 Å². The van der Waals surface area contributed by atoms with Crippen LogP contribution in [0.4, 0.5) is 0 Å². The van der Waals surface area contributed by atoms with Gasteiger partial charge in [-0.2, -0.15) is 9.90 Å². The summed E-state index contributed by atoms with van der Waals surface area (Å²) in [5.41, 5.74) is 0. The van der Waals surface area contributed by atoms with Crippen LogP contribution >= 0.6 is 9.90 Å². The Morgan fingerprint density at radius 1 is 1.15 bits per heavy atom. The molecule has 1 amide bonds. The van der Waals surface area contributed by atoms with Crippen molar-refractivity contribution in [2.24, 2.45) is 11.8 Å². The predicted octanol–water partition coefficient (Wildman–Crippen LogP) is 0.550. The highest BCUT2D eigenvalue weighted by atomic mass is 31.0.